The maximum absolute atomic E-state index is 10.1. The molecule has 4 aliphatic rings. The fraction of sp³-hybridized carbons (Fsp3) is 0.769. The summed E-state index contributed by atoms with van der Waals surface area (Å²) in [4.78, 5) is 2.60. The molecule has 0 bridgehead atoms. The lowest BCUT2D eigenvalue weighted by molar-refractivity contribution is 0.0155. The predicted molar refractivity (Wildman–Crippen MR) is 121 cm³/mol. The van der Waals surface area contributed by atoms with E-state index in [-0.39, 0.29) is 0 Å². The molecule has 1 aliphatic heterocycles. The van der Waals surface area contributed by atoms with Gasteiger partial charge in [-0.15, -0.1) is 0 Å². The van der Waals surface area contributed by atoms with Gasteiger partial charge in [0.1, 0.15) is 0 Å². The molecule has 0 spiro atoms. The molecule has 168 valence electrons. The van der Waals surface area contributed by atoms with Crippen molar-refractivity contribution in [3.05, 3.63) is 35.5 Å². The highest BCUT2D eigenvalue weighted by atomic mass is 16.5. The van der Waals surface area contributed by atoms with Gasteiger partial charge in [0.15, 0.2) is 0 Å². The van der Waals surface area contributed by atoms with Crippen molar-refractivity contribution in [2.75, 3.05) is 32.8 Å². The first-order valence-corrected chi connectivity index (χ1v) is 12.1. The van der Waals surface area contributed by atoms with Crippen LogP contribution in [0.2, 0.25) is 0 Å². The zero-order chi connectivity index (χ0) is 21.3. The van der Waals surface area contributed by atoms with Crippen LogP contribution in [0.3, 0.4) is 0 Å². The first kappa shape index (κ1) is 22.3. The van der Waals surface area contributed by atoms with Gasteiger partial charge < -0.3 is 14.9 Å². The molecule has 3 aliphatic carbocycles. The van der Waals surface area contributed by atoms with Gasteiger partial charge in [-0.3, -0.25) is 4.90 Å². The van der Waals surface area contributed by atoms with Gasteiger partial charge in [0, 0.05) is 26.1 Å². The van der Waals surface area contributed by atoms with Gasteiger partial charge in [-0.25, -0.2) is 0 Å². The lowest BCUT2D eigenvalue weighted by Gasteiger charge is -2.45. The van der Waals surface area contributed by atoms with Gasteiger partial charge in [0.25, 0.3) is 0 Å². The van der Waals surface area contributed by atoms with E-state index in [9.17, 15) is 10.2 Å². The van der Waals surface area contributed by atoms with Crippen LogP contribution in [-0.2, 0) is 4.74 Å². The Kier molecular flexibility index (Phi) is 6.88. The third kappa shape index (κ3) is 4.48. The molecular weight excluding hydrogens is 374 g/mol. The minimum Gasteiger partial charge on any atom is -0.393 e. The zero-order valence-electron chi connectivity index (χ0n) is 19.0. The van der Waals surface area contributed by atoms with Crippen LogP contribution in [0.4, 0.5) is 0 Å². The molecule has 1 heterocycles. The van der Waals surface area contributed by atoms with E-state index in [1.54, 1.807) is 5.57 Å². The normalized spacial score (nSPS) is 41.9. The molecule has 1 saturated heterocycles. The number of morpholine rings is 1. The molecule has 30 heavy (non-hydrogen) atoms. The number of aliphatic hydroxyl groups is 2. The molecule has 4 heteroatoms. The molecule has 4 rings (SSSR count). The summed E-state index contributed by atoms with van der Waals surface area (Å²) in [5, 5.41) is 20.2. The van der Waals surface area contributed by atoms with Crippen LogP contribution in [0.25, 0.3) is 0 Å². The fourth-order valence-electron chi connectivity index (χ4n) is 7.00. The topological polar surface area (TPSA) is 52.9 Å². The van der Waals surface area contributed by atoms with Gasteiger partial charge in [-0.2, -0.15) is 0 Å². The molecule has 4 nitrogen and oxygen atoms in total. The van der Waals surface area contributed by atoms with Crippen molar-refractivity contribution in [3.8, 4) is 0 Å². The van der Waals surface area contributed by atoms with E-state index in [0.717, 1.165) is 49.3 Å². The Bertz CT molecular complexity index is 692. The van der Waals surface area contributed by atoms with Gasteiger partial charge in [-0.05, 0) is 72.8 Å². The summed E-state index contributed by atoms with van der Waals surface area (Å²) in [7, 11) is 0. The Balaban J connectivity index is 1.47. The van der Waals surface area contributed by atoms with Gasteiger partial charge in [0.2, 0.25) is 0 Å². The number of hydrogen-bond acceptors (Lipinski definition) is 4. The Hall–Kier alpha value is -0.940. The number of fused-ring (bicyclic) bond motifs is 1. The summed E-state index contributed by atoms with van der Waals surface area (Å²) in [5.74, 6) is 2.18. The maximum atomic E-state index is 10.1. The smallest absolute Gasteiger partial charge is 0.0811 e. The van der Waals surface area contributed by atoms with Crippen LogP contribution in [0.5, 0.6) is 0 Å². The zero-order valence-corrected chi connectivity index (χ0v) is 19.0. The standard InChI is InChI=1S/C26H41NO3/c1-18(17-27-11-13-30-14-12-27)23-8-9-24-20(5-4-10-26(23,24)3)6-7-21-15-22(28)16-25(29)19(21)2/h6-7,18,22-25,28-29H,2,4-5,8-17H2,1,3H3/b20-6+,21-7-/t18?,22-,23-,24+,25+,26-/m1/s1. The van der Waals surface area contributed by atoms with Crippen molar-refractivity contribution in [2.45, 2.75) is 71.0 Å². The van der Waals surface area contributed by atoms with Crippen molar-refractivity contribution in [1.29, 1.82) is 0 Å². The van der Waals surface area contributed by atoms with Crippen LogP contribution in [0.15, 0.2) is 35.5 Å². The number of rotatable bonds is 4. The summed E-state index contributed by atoms with van der Waals surface area (Å²) >= 11 is 0. The van der Waals surface area contributed by atoms with E-state index in [4.69, 9.17) is 4.74 Å². The maximum Gasteiger partial charge on any atom is 0.0811 e. The van der Waals surface area contributed by atoms with E-state index >= 15 is 0 Å². The van der Waals surface area contributed by atoms with Crippen LogP contribution in [0, 0.1) is 23.2 Å². The van der Waals surface area contributed by atoms with Gasteiger partial charge in [-0.1, -0.05) is 38.2 Å². The first-order valence-electron chi connectivity index (χ1n) is 12.1. The van der Waals surface area contributed by atoms with Crippen LogP contribution < -0.4 is 0 Å². The van der Waals surface area contributed by atoms with Gasteiger partial charge in [0.05, 0.1) is 25.4 Å². The summed E-state index contributed by atoms with van der Waals surface area (Å²) in [6.45, 7) is 14.2. The Morgan fingerprint density at radius 1 is 1.23 bits per heavy atom. The number of aliphatic hydroxyl groups excluding tert-OH is 2. The molecule has 6 atom stereocenters. The van der Waals surface area contributed by atoms with E-state index in [1.165, 1.54) is 38.6 Å². The monoisotopic (exact) mass is 415 g/mol. The lowest BCUT2D eigenvalue weighted by atomic mass is 9.61. The molecule has 0 aromatic carbocycles. The van der Waals surface area contributed by atoms with E-state index in [1.807, 2.05) is 0 Å². The molecule has 0 radical (unpaired) electrons. The molecule has 0 aromatic heterocycles. The lowest BCUT2D eigenvalue weighted by Crippen LogP contribution is -2.43. The van der Waals surface area contributed by atoms with Crippen LogP contribution in [0.1, 0.15) is 58.8 Å². The molecule has 3 saturated carbocycles. The van der Waals surface area contributed by atoms with Gasteiger partial charge >= 0.3 is 0 Å². The second kappa shape index (κ2) is 9.28. The molecule has 4 fully saturated rings. The quantitative estimate of drug-likeness (QED) is 0.726. The summed E-state index contributed by atoms with van der Waals surface area (Å²) in [6, 6.07) is 0. The highest BCUT2D eigenvalue weighted by Crippen LogP contribution is 2.59. The van der Waals surface area contributed by atoms with Crippen molar-refractivity contribution in [3.63, 3.8) is 0 Å². The average Bonchev–Trinajstić information content (AvgIpc) is 3.08. The second-order valence-corrected chi connectivity index (χ2v) is 10.6. The largest absolute Gasteiger partial charge is 0.393 e. The molecule has 0 amide bonds. The van der Waals surface area contributed by atoms with Crippen LogP contribution >= 0.6 is 0 Å². The number of hydrogen-bond donors (Lipinski definition) is 2. The summed E-state index contributed by atoms with van der Waals surface area (Å²) in [6.07, 6.45) is 10.9. The predicted octanol–water partition coefficient (Wildman–Crippen LogP) is 4.10. The fourth-order valence-corrected chi connectivity index (χ4v) is 7.00. The number of allylic oxidation sites excluding steroid dienone is 3. The highest BCUT2D eigenvalue weighted by molar-refractivity contribution is 5.38. The minimum absolute atomic E-state index is 0.400. The van der Waals surface area contributed by atoms with Crippen molar-refractivity contribution in [2.24, 2.45) is 23.2 Å². The Morgan fingerprint density at radius 2 is 2.00 bits per heavy atom. The third-order valence-electron chi connectivity index (χ3n) is 8.64. The SMILES string of the molecule is C=C1/C(=C\C=C2/CCC[C@]3(C)[C@@H](C(C)CN4CCOCC4)CC[C@@H]23)C[C@@H](O)C[C@@H]1O. The minimum atomic E-state index is -0.605. The number of nitrogens with zero attached hydrogens (tertiary/aromatic N) is 1. The second-order valence-electron chi connectivity index (χ2n) is 10.6. The van der Waals surface area contributed by atoms with E-state index in [0.29, 0.717) is 24.2 Å². The third-order valence-corrected chi connectivity index (χ3v) is 8.64. The van der Waals surface area contributed by atoms with Crippen LogP contribution in [-0.4, -0.2) is 60.2 Å². The van der Waals surface area contributed by atoms with E-state index < -0.39 is 12.2 Å². The number of ether oxygens (including phenoxy) is 1. The molecule has 1 unspecified atom stereocenters. The molecular formula is C26H41NO3. The van der Waals surface area contributed by atoms with E-state index in [2.05, 4.69) is 37.5 Å². The Morgan fingerprint density at radius 3 is 2.77 bits per heavy atom. The molecule has 0 aromatic rings. The van der Waals surface area contributed by atoms with Crippen molar-refractivity contribution >= 4 is 0 Å². The average molecular weight is 416 g/mol. The summed E-state index contributed by atoms with van der Waals surface area (Å²) < 4.78 is 5.53. The Labute approximate surface area is 182 Å². The van der Waals surface area contributed by atoms with Crippen molar-refractivity contribution < 1.29 is 14.9 Å². The summed E-state index contributed by atoms with van der Waals surface area (Å²) in [5.41, 5.74) is 3.80. The highest BCUT2D eigenvalue weighted by Gasteiger charge is 2.50. The molecule has 2 N–H and O–H groups in total. The van der Waals surface area contributed by atoms with Crippen molar-refractivity contribution in [1.82, 2.24) is 4.90 Å². The first-order chi connectivity index (χ1) is 14.4.